The second-order valence-corrected chi connectivity index (χ2v) is 10.1. The molecule has 0 saturated carbocycles. The molecular formula is C23H33N3O4S. The van der Waals surface area contributed by atoms with Crippen LogP contribution in [0.4, 0.5) is 5.69 Å². The third-order valence-electron chi connectivity index (χ3n) is 6.12. The number of nitrogens with zero attached hydrogens (tertiary/aromatic N) is 2. The molecule has 2 aliphatic rings. The van der Waals surface area contributed by atoms with E-state index >= 15 is 0 Å². The predicted molar refractivity (Wildman–Crippen MR) is 121 cm³/mol. The van der Waals surface area contributed by atoms with Gasteiger partial charge in [0.1, 0.15) is 0 Å². The molecule has 1 fully saturated rings. The molecule has 1 heterocycles. The summed E-state index contributed by atoms with van der Waals surface area (Å²) < 4.78 is 26.7. The molecule has 0 aromatic heterocycles. The van der Waals surface area contributed by atoms with Gasteiger partial charge < -0.3 is 10.2 Å². The molecule has 1 aliphatic heterocycles. The number of allylic oxidation sites excluding steroid dienone is 1. The van der Waals surface area contributed by atoms with Crippen molar-refractivity contribution in [1.82, 2.24) is 9.62 Å². The van der Waals surface area contributed by atoms with Crippen LogP contribution >= 0.6 is 0 Å². The maximum Gasteiger partial charge on any atom is 0.243 e. The maximum absolute atomic E-state index is 12.6. The van der Waals surface area contributed by atoms with E-state index in [2.05, 4.69) is 11.4 Å². The van der Waals surface area contributed by atoms with Gasteiger partial charge in [0.25, 0.3) is 0 Å². The monoisotopic (exact) mass is 447 g/mol. The van der Waals surface area contributed by atoms with Crippen LogP contribution in [0.15, 0.2) is 40.8 Å². The van der Waals surface area contributed by atoms with Gasteiger partial charge in [-0.25, -0.2) is 8.42 Å². The Morgan fingerprint density at radius 3 is 2.48 bits per heavy atom. The fraction of sp³-hybridized carbons (Fsp3) is 0.565. The number of rotatable bonds is 9. The predicted octanol–water partition coefficient (Wildman–Crippen LogP) is 3.08. The van der Waals surface area contributed by atoms with Crippen LogP contribution in [0.2, 0.25) is 0 Å². The molecule has 1 aromatic rings. The smallest absolute Gasteiger partial charge is 0.243 e. The molecule has 7 nitrogen and oxygen atoms in total. The fourth-order valence-corrected chi connectivity index (χ4v) is 5.72. The Labute approximate surface area is 185 Å². The number of carbonyl (C=O) groups is 2. The molecule has 3 rings (SSSR count). The van der Waals surface area contributed by atoms with Gasteiger partial charge in [-0.05, 0) is 56.4 Å². The van der Waals surface area contributed by atoms with E-state index in [0.717, 1.165) is 19.3 Å². The summed E-state index contributed by atoms with van der Waals surface area (Å²) in [6.45, 7) is 5.33. The molecule has 0 spiro atoms. The van der Waals surface area contributed by atoms with E-state index in [1.165, 1.54) is 34.9 Å². The zero-order chi connectivity index (χ0) is 22.4. The number of hydrogen-bond donors (Lipinski definition) is 1. The molecule has 1 aromatic carbocycles. The van der Waals surface area contributed by atoms with Crippen molar-refractivity contribution in [1.29, 1.82) is 0 Å². The van der Waals surface area contributed by atoms with Gasteiger partial charge in [-0.3, -0.25) is 9.59 Å². The molecule has 1 aliphatic carbocycles. The molecule has 8 heteroatoms. The SMILES string of the molecule is CCN(CC)S(=O)(=O)c1ccc(N2C[C@@H](C(=O)NCCC3=CCCCC3)CC2=O)cc1. The van der Waals surface area contributed by atoms with Crippen LogP contribution in [-0.4, -0.2) is 50.7 Å². The molecule has 1 atom stereocenters. The van der Waals surface area contributed by atoms with Crippen LogP contribution < -0.4 is 10.2 Å². The van der Waals surface area contributed by atoms with Gasteiger partial charge in [-0.15, -0.1) is 0 Å². The summed E-state index contributed by atoms with van der Waals surface area (Å²) in [5, 5.41) is 2.98. The standard InChI is InChI=1S/C23H33N3O4S/c1-3-25(4-2)31(29,30)21-12-10-20(11-13-21)26-17-19(16-22(26)27)23(28)24-15-14-18-8-6-5-7-9-18/h8,10-13,19H,3-7,9,14-17H2,1-2H3,(H,24,28)/t19-/m0/s1. The van der Waals surface area contributed by atoms with Crippen LogP contribution in [0, 0.1) is 5.92 Å². The Hall–Kier alpha value is -2.19. The van der Waals surface area contributed by atoms with Crippen molar-refractivity contribution in [3.63, 3.8) is 0 Å². The lowest BCUT2D eigenvalue weighted by Crippen LogP contribution is -2.33. The summed E-state index contributed by atoms with van der Waals surface area (Å²) in [6, 6.07) is 6.34. The largest absolute Gasteiger partial charge is 0.355 e. The molecule has 31 heavy (non-hydrogen) atoms. The topological polar surface area (TPSA) is 86.8 Å². The lowest BCUT2D eigenvalue weighted by molar-refractivity contribution is -0.126. The second-order valence-electron chi connectivity index (χ2n) is 8.14. The van der Waals surface area contributed by atoms with Crippen LogP contribution in [0.1, 0.15) is 52.4 Å². The minimum absolute atomic E-state index is 0.0898. The molecule has 170 valence electrons. The lowest BCUT2D eigenvalue weighted by atomic mass is 9.97. The summed E-state index contributed by atoms with van der Waals surface area (Å²) >= 11 is 0. The Bertz CT molecular complexity index is 921. The average molecular weight is 448 g/mol. The maximum atomic E-state index is 12.6. The number of benzene rings is 1. The van der Waals surface area contributed by atoms with Crippen LogP contribution in [0.3, 0.4) is 0 Å². The number of amides is 2. The zero-order valence-electron chi connectivity index (χ0n) is 18.5. The van der Waals surface area contributed by atoms with E-state index < -0.39 is 10.0 Å². The van der Waals surface area contributed by atoms with E-state index in [-0.39, 0.29) is 29.0 Å². The summed E-state index contributed by atoms with van der Waals surface area (Å²) in [7, 11) is -3.54. The van der Waals surface area contributed by atoms with E-state index in [4.69, 9.17) is 0 Å². The number of sulfonamides is 1. The van der Waals surface area contributed by atoms with Crippen LogP contribution in [0.5, 0.6) is 0 Å². The van der Waals surface area contributed by atoms with Gasteiger partial charge in [0.05, 0.1) is 10.8 Å². The summed E-state index contributed by atoms with van der Waals surface area (Å²) in [5.74, 6) is -0.589. The molecular weight excluding hydrogens is 414 g/mol. The Kier molecular flexibility index (Phi) is 7.89. The molecule has 2 amide bonds. The highest BCUT2D eigenvalue weighted by molar-refractivity contribution is 7.89. The van der Waals surface area contributed by atoms with Gasteiger partial charge in [0, 0.05) is 38.3 Å². The third-order valence-corrected chi connectivity index (χ3v) is 8.18. The Morgan fingerprint density at radius 1 is 1.16 bits per heavy atom. The van der Waals surface area contributed by atoms with Gasteiger partial charge in [0.2, 0.25) is 21.8 Å². The van der Waals surface area contributed by atoms with E-state index in [9.17, 15) is 18.0 Å². The van der Waals surface area contributed by atoms with Gasteiger partial charge in [0.15, 0.2) is 0 Å². The first-order chi connectivity index (χ1) is 14.9. The molecule has 1 N–H and O–H groups in total. The van der Waals surface area contributed by atoms with Crippen molar-refractivity contribution in [3.05, 3.63) is 35.9 Å². The minimum Gasteiger partial charge on any atom is -0.355 e. The summed E-state index contributed by atoms with van der Waals surface area (Å²) in [4.78, 5) is 26.8. The molecule has 1 saturated heterocycles. The highest BCUT2D eigenvalue weighted by atomic mass is 32.2. The number of hydrogen-bond acceptors (Lipinski definition) is 4. The highest BCUT2D eigenvalue weighted by Gasteiger charge is 2.35. The van der Waals surface area contributed by atoms with E-state index in [1.54, 1.807) is 30.9 Å². The quantitative estimate of drug-likeness (QED) is 0.590. The average Bonchev–Trinajstić information content (AvgIpc) is 3.17. The number of nitrogens with one attached hydrogen (secondary N) is 1. The van der Waals surface area contributed by atoms with Crippen molar-refractivity contribution in [2.45, 2.75) is 57.3 Å². The van der Waals surface area contributed by atoms with E-state index in [1.807, 2.05) is 0 Å². The Balaban J connectivity index is 1.58. The van der Waals surface area contributed by atoms with Crippen molar-refractivity contribution in [2.75, 3.05) is 31.1 Å². The summed E-state index contributed by atoms with van der Waals surface area (Å²) in [6.07, 6.45) is 8.04. The number of carbonyl (C=O) groups excluding carboxylic acids is 2. The van der Waals surface area contributed by atoms with E-state index in [0.29, 0.717) is 31.9 Å². The second kappa shape index (κ2) is 10.4. The summed E-state index contributed by atoms with van der Waals surface area (Å²) in [5.41, 5.74) is 2.03. The van der Waals surface area contributed by atoms with Crippen molar-refractivity contribution < 1.29 is 18.0 Å². The first-order valence-electron chi connectivity index (χ1n) is 11.2. The van der Waals surface area contributed by atoms with Crippen molar-refractivity contribution in [3.8, 4) is 0 Å². The highest BCUT2D eigenvalue weighted by Crippen LogP contribution is 2.27. The van der Waals surface area contributed by atoms with Crippen LogP contribution in [0.25, 0.3) is 0 Å². The first kappa shape index (κ1) is 23.5. The third kappa shape index (κ3) is 5.54. The lowest BCUT2D eigenvalue weighted by Gasteiger charge is -2.20. The van der Waals surface area contributed by atoms with Crippen molar-refractivity contribution >= 4 is 27.5 Å². The van der Waals surface area contributed by atoms with Gasteiger partial charge >= 0.3 is 0 Å². The molecule has 0 unspecified atom stereocenters. The molecule has 0 bridgehead atoms. The zero-order valence-corrected chi connectivity index (χ0v) is 19.3. The minimum atomic E-state index is -3.54. The fourth-order valence-electron chi connectivity index (χ4n) is 4.27. The van der Waals surface area contributed by atoms with Gasteiger partial charge in [-0.2, -0.15) is 4.31 Å². The number of anilines is 1. The Morgan fingerprint density at radius 2 is 1.87 bits per heavy atom. The molecule has 0 radical (unpaired) electrons. The first-order valence-corrected chi connectivity index (χ1v) is 12.7. The van der Waals surface area contributed by atoms with Crippen molar-refractivity contribution in [2.24, 2.45) is 5.92 Å². The van der Waals surface area contributed by atoms with Crippen LogP contribution in [-0.2, 0) is 19.6 Å². The normalized spacial score (nSPS) is 19.6. The van der Waals surface area contributed by atoms with Gasteiger partial charge in [-0.1, -0.05) is 25.5 Å².